The summed E-state index contributed by atoms with van der Waals surface area (Å²) in [5.74, 6) is 0. The van der Waals surface area contributed by atoms with Gasteiger partial charge in [-0.1, -0.05) is 57.9 Å². The van der Waals surface area contributed by atoms with E-state index in [2.05, 4.69) is 26.5 Å². The summed E-state index contributed by atoms with van der Waals surface area (Å²) in [6.45, 7) is 0. The Hall–Kier alpha value is -1.32. The predicted molar refractivity (Wildman–Crippen MR) is 76.6 cm³/mol. The fourth-order valence-corrected chi connectivity index (χ4v) is 1.71. The number of nitrogens with one attached hydrogen (secondary N) is 1. The molecular formula is C13H10BrClN2. The maximum atomic E-state index is 6.07. The van der Waals surface area contributed by atoms with Gasteiger partial charge in [-0.25, -0.2) is 0 Å². The summed E-state index contributed by atoms with van der Waals surface area (Å²) >= 11 is 9.44. The predicted octanol–water partition coefficient (Wildman–Crippen LogP) is 4.46. The number of benzene rings is 2. The summed E-state index contributed by atoms with van der Waals surface area (Å²) in [6, 6.07) is 17.3. The molecule has 0 heterocycles. The molecule has 0 fully saturated rings. The quantitative estimate of drug-likeness (QED) is 0.657. The summed E-state index contributed by atoms with van der Waals surface area (Å²) in [5.41, 5.74) is 4.68. The van der Waals surface area contributed by atoms with Crippen LogP contribution in [-0.4, -0.2) is 5.17 Å². The molecule has 0 aliphatic rings. The molecule has 1 N–H and O–H groups in total. The summed E-state index contributed by atoms with van der Waals surface area (Å²) in [7, 11) is 0. The summed E-state index contributed by atoms with van der Waals surface area (Å²) in [6.07, 6.45) is 0. The Kier molecular flexibility index (Phi) is 4.18. The Morgan fingerprint density at radius 3 is 2.29 bits per heavy atom. The lowest BCUT2D eigenvalue weighted by atomic mass is 10.2. The molecule has 2 rings (SSSR count). The van der Waals surface area contributed by atoms with Crippen LogP contribution in [-0.2, 0) is 0 Å². The minimum absolute atomic E-state index is 0.438. The summed E-state index contributed by atoms with van der Waals surface area (Å²) in [5, 5.41) is 4.55. The molecule has 2 aromatic rings. The molecule has 0 saturated carbocycles. The highest BCUT2D eigenvalue weighted by atomic mass is 79.9. The van der Waals surface area contributed by atoms with Crippen molar-refractivity contribution in [2.75, 3.05) is 5.43 Å². The highest BCUT2D eigenvalue weighted by molar-refractivity contribution is 9.10. The van der Waals surface area contributed by atoms with Crippen LogP contribution >= 0.6 is 27.5 Å². The van der Waals surface area contributed by atoms with Gasteiger partial charge in [-0.05, 0) is 24.3 Å². The monoisotopic (exact) mass is 308 g/mol. The second kappa shape index (κ2) is 5.84. The molecular weight excluding hydrogens is 300 g/mol. The average molecular weight is 310 g/mol. The summed E-state index contributed by atoms with van der Waals surface area (Å²) < 4.78 is 1.03. The molecule has 2 nitrogen and oxygen atoms in total. The van der Waals surface area contributed by atoms with E-state index >= 15 is 0 Å². The molecule has 0 aliphatic carbocycles. The molecule has 0 amide bonds. The summed E-state index contributed by atoms with van der Waals surface area (Å²) in [4.78, 5) is 0. The van der Waals surface area contributed by atoms with Crippen LogP contribution in [0.4, 0.5) is 5.69 Å². The number of hydrazone groups is 1. The second-order valence-corrected chi connectivity index (χ2v) is 4.66. The number of halogens is 2. The first-order valence-electron chi connectivity index (χ1n) is 5.06. The lowest BCUT2D eigenvalue weighted by molar-refractivity contribution is 1.34. The van der Waals surface area contributed by atoms with Crippen LogP contribution in [0.15, 0.2) is 64.2 Å². The van der Waals surface area contributed by atoms with Gasteiger partial charge in [0.05, 0.1) is 5.69 Å². The molecule has 0 saturated heterocycles. The van der Waals surface area contributed by atoms with Crippen molar-refractivity contribution in [3.63, 3.8) is 0 Å². The van der Waals surface area contributed by atoms with Crippen molar-refractivity contribution in [2.24, 2.45) is 5.10 Å². The van der Waals surface area contributed by atoms with Crippen molar-refractivity contribution in [3.8, 4) is 0 Å². The number of hydrogen-bond acceptors (Lipinski definition) is 2. The van der Waals surface area contributed by atoms with Crippen LogP contribution in [0.5, 0.6) is 0 Å². The molecule has 0 bridgehead atoms. The van der Waals surface area contributed by atoms with Crippen LogP contribution < -0.4 is 5.43 Å². The molecule has 0 aromatic heterocycles. The van der Waals surface area contributed by atoms with Gasteiger partial charge in [0.15, 0.2) is 5.17 Å². The smallest absolute Gasteiger partial charge is 0.156 e. The first-order valence-corrected chi connectivity index (χ1v) is 6.23. The first-order chi connectivity index (χ1) is 8.25. The lowest BCUT2D eigenvalue weighted by Gasteiger charge is -2.02. The van der Waals surface area contributed by atoms with E-state index in [-0.39, 0.29) is 0 Å². The van der Waals surface area contributed by atoms with E-state index in [0.29, 0.717) is 5.17 Å². The minimum Gasteiger partial charge on any atom is -0.277 e. The minimum atomic E-state index is 0.438. The van der Waals surface area contributed by atoms with Crippen LogP contribution in [0.1, 0.15) is 5.56 Å². The molecule has 0 unspecified atom stereocenters. The van der Waals surface area contributed by atoms with E-state index in [4.69, 9.17) is 11.6 Å². The standard InChI is InChI=1S/C13H10BrClN2/c14-11-6-8-12(9-7-11)16-17-13(15)10-4-2-1-3-5-10/h1-9,16H/b17-13+. The fourth-order valence-electron chi connectivity index (χ4n) is 1.28. The van der Waals surface area contributed by atoms with Crippen LogP contribution in [0.25, 0.3) is 0 Å². The molecule has 0 atom stereocenters. The highest BCUT2D eigenvalue weighted by Crippen LogP contribution is 2.14. The third kappa shape index (κ3) is 3.58. The largest absolute Gasteiger partial charge is 0.277 e. The van der Waals surface area contributed by atoms with E-state index in [0.717, 1.165) is 15.7 Å². The van der Waals surface area contributed by atoms with Crippen molar-refractivity contribution in [3.05, 3.63) is 64.6 Å². The van der Waals surface area contributed by atoms with Crippen molar-refractivity contribution in [1.82, 2.24) is 0 Å². The van der Waals surface area contributed by atoms with Crippen LogP contribution in [0.2, 0.25) is 0 Å². The number of hydrogen-bond donors (Lipinski definition) is 1. The third-order valence-electron chi connectivity index (χ3n) is 2.14. The van der Waals surface area contributed by atoms with Gasteiger partial charge >= 0.3 is 0 Å². The van der Waals surface area contributed by atoms with Gasteiger partial charge in [0, 0.05) is 10.0 Å². The van der Waals surface area contributed by atoms with Gasteiger partial charge in [0.1, 0.15) is 0 Å². The van der Waals surface area contributed by atoms with Gasteiger partial charge in [-0.2, -0.15) is 5.10 Å². The van der Waals surface area contributed by atoms with Crippen LogP contribution in [0, 0.1) is 0 Å². The zero-order valence-electron chi connectivity index (χ0n) is 8.90. The van der Waals surface area contributed by atoms with Crippen molar-refractivity contribution in [2.45, 2.75) is 0 Å². The second-order valence-electron chi connectivity index (χ2n) is 3.39. The molecule has 4 heteroatoms. The van der Waals surface area contributed by atoms with E-state index in [1.807, 2.05) is 54.6 Å². The van der Waals surface area contributed by atoms with E-state index in [1.165, 1.54) is 0 Å². The van der Waals surface area contributed by atoms with E-state index in [9.17, 15) is 0 Å². The maximum absolute atomic E-state index is 6.07. The van der Waals surface area contributed by atoms with Gasteiger partial charge in [0.2, 0.25) is 0 Å². The molecule has 17 heavy (non-hydrogen) atoms. The number of rotatable bonds is 3. The molecule has 0 radical (unpaired) electrons. The van der Waals surface area contributed by atoms with E-state index < -0.39 is 0 Å². The molecule has 2 aromatic carbocycles. The Morgan fingerprint density at radius 1 is 1.00 bits per heavy atom. The Morgan fingerprint density at radius 2 is 1.65 bits per heavy atom. The zero-order chi connectivity index (χ0) is 12.1. The zero-order valence-corrected chi connectivity index (χ0v) is 11.2. The Balaban J connectivity index is 2.08. The van der Waals surface area contributed by atoms with Crippen molar-refractivity contribution >= 4 is 38.4 Å². The normalized spacial score (nSPS) is 11.3. The van der Waals surface area contributed by atoms with E-state index in [1.54, 1.807) is 0 Å². The molecule has 0 aliphatic heterocycles. The molecule has 86 valence electrons. The third-order valence-corrected chi connectivity index (χ3v) is 2.97. The van der Waals surface area contributed by atoms with Gasteiger partial charge < -0.3 is 0 Å². The number of anilines is 1. The molecule has 0 spiro atoms. The number of nitrogens with zero attached hydrogens (tertiary/aromatic N) is 1. The van der Waals surface area contributed by atoms with Gasteiger partial charge in [-0.3, -0.25) is 5.43 Å². The fraction of sp³-hybridized carbons (Fsp3) is 0. The van der Waals surface area contributed by atoms with Crippen molar-refractivity contribution < 1.29 is 0 Å². The maximum Gasteiger partial charge on any atom is 0.156 e. The SMILES string of the molecule is Cl/C(=N/Nc1ccc(Br)cc1)c1ccccc1. The lowest BCUT2D eigenvalue weighted by Crippen LogP contribution is -1.96. The van der Waals surface area contributed by atoms with Crippen LogP contribution in [0.3, 0.4) is 0 Å². The van der Waals surface area contributed by atoms with Gasteiger partial charge in [-0.15, -0.1) is 0 Å². The Bertz CT molecular complexity index is 509. The Labute approximate surface area is 113 Å². The highest BCUT2D eigenvalue weighted by Gasteiger charge is 1.97. The van der Waals surface area contributed by atoms with Crippen molar-refractivity contribution in [1.29, 1.82) is 0 Å². The average Bonchev–Trinajstić information content (AvgIpc) is 2.39. The topological polar surface area (TPSA) is 24.4 Å². The van der Waals surface area contributed by atoms with Gasteiger partial charge in [0.25, 0.3) is 0 Å². The first kappa shape index (κ1) is 12.1.